The highest BCUT2D eigenvalue weighted by Crippen LogP contribution is 2.15. The molecule has 114 valence electrons. The van der Waals surface area contributed by atoms with Gasteiger partial charge in [-0.25, -0.2) is 4.98 Å². The van der Waals surface area contributed by atoms with Crippen LogP contribution in [0.4, 0.5) is 5.82 Å². The van der Waals surface area contributed by atoms with E-state index >= 15 is 0 Å². The molecule has 0 aromatic carbocycles. The van der Waals surface area contributed by atoms with Crippen LogP contribution in [-0.2, 0) is 6.54 Å². The molecule has 0 aliphatic carbocycles. The minimum Gasteiger partial charge on any atom is -0.359 e. The summed E-state index contributed by atoms with van der Waals surface area (Å²) in [6, 6.07) is 4.35. The Labute approximate surface area is 124 Å². The average Bonchev–Trinajstić information content (AvgIpc) is 2.39. The fraction of sp³-hybridized carbons (Fsp3) is 0.706. The third-order valence-corrected chi connectivity index (χ3v) is 3.72. The maximum absolute atomic E-state index is 4.74. The van der Waals surface area contributed by atoms with Crippen molar-refractivity contribution < 1.29 is 0 Å². The second-order valence-corrected chi connectivity index (χ2v) is 6.33. The van der Waals surface area contributed by atoms with Gasteiger partial charge in [0.05, 0.1) is 0 Å². The van der Waals surface area contributed by atoms with Gasteiger partial charge in [-0.15, -0.1) is 0 Å². The van der Waals surface area contributed by atoms with E-state index in [9.17, 15) is 0 Å². The quantitative estimate of drug-likeness (QED) is 0.786. The number of hydrogen-bond acceptors (Lipinski definition) is 3. The number of nitrogens with one attached hydrogen (secondary N) is 1. The van der Waals surface area contributed by atoms with Crippen molar-refractivity contribution in [3.05, 3.63) is 23.4 Å². The second kappa shape index (κ2) is 8.25. The zero-order valence-corrected chi connectivity index (χ0v) is 14.0. The molecule has 0 aliphatic heterocycles. The summed E-state index contributed by atoms with van der Waals surface area (Å²) < 4.78 is 0. The van der Waals surface area contributed by atoms with Gasteiger partial charge in [0, 0.05) is 25.8 Å². The number of pyridine rings is 1. The third kappa shape index (κ3) is 5.49. The Morgan fingerprint density at radius 2 is 1.95 bits per heavy atom. The van der Waals surface area contributed by atoms with Gasteiger partial charge in [-0.3, -0.25) is 0 Å². The molecule has 0 amide bonds. The molecule has 1 unspecified atom stereocenters. The van der Waals surface area contributed by atoms with Crippen LogP contribution < -0.4 is 10.2 Å². The summed E-state index contributed by atoms with van der Waals surface area (Å²) in [5.74, 6) is 2.47. The van der Waals surface area contributed by atoms with E-state index in [1.165, 1.54) is 12.0 Å². The number of aromatic nitrogens is 1. The minimum absolute atomic E-state index is 0.684. The van der Waals surface area contributed by atoms with E-state index in [4.69, 9.17) is 4.98 Å². The lowest BCUT2D eigenvalue weighted by Crippen LogP contribution is -2.25. The number of rotatable bonds is 8. The van der Waals surface area contributed by atoms with E-state index in [-0.39, 0.29) is 0 Å². The van der Waals surface area contributed by atoms with Crippen molar-refractivity contribution in [1.29, 1.82) is 0 Å². The van der Waals surface area contributed by atoms with E-state index in [2.05, 4.69) is 64.0 Å². The van der Waals surface area contributed by atoms with Gasteiger partial charge in [-0.1, -0.05) is 40.2 Å². The van der Waals surface area contributed by atoms with Crippen LogP contribution in [0.5, 0.6) is 0 Å². The molecule has 0 bridgehead atoms. The molecule has 20 heavy (non-hydrogen) atoms. The Morgan fingerprint density at radius 1 is 1.25 bits per heavy atom. The van der Waals surface area contributed by atoms with Gasteiger partial charge >= 0.3 is 0 Å². The summed E-state index contributed by atoms with van der Waals surface area (Å²) >= 11 is 0. The lowest BCUT2D eigenvalue weighted by molar-refractivity contribution is 0.549. The van der Waals surface area contributed by atoms with Crippen molar-refractivity contribution in [2.45, 2.75) is 47.6 Å². The highest BCUT2D eigenvalue weighted by molar-refractivity contribution is 5.40. The molecule has 1 rings (SSSR count). The Kier molecular flexibility index (Phi) is 7.00. The van der Waals surface area contributed by atoms with Crippen LogP contribution in [0.15, 0.2) is 12.1 Å². The second-order valence-electron chi connectivity index (χ2n) is 6.33. The maximum atomic E-state index is 4.74. The molecule has 3 heteroatoms. The lowest BCUT2D eigenvalue weighted by atomic mass is 10.1. The molecule has 1 heterocycles. The predicted octanol–water partition coefficient (Wildman–Crippen LogP) is 3.62. The van der Waals surface area contributed by atoms with Crippen molar-refractivity contribution >= 4 is 5.82 Å². The molecule has 1 aromatic heterocycles. The average molecular weight is 277 g/mol. The Hall–Kier alpha value is -1.09. The van der Waals surface area contributed by atoms with Gasteiger partial charge < -0.3 is 10.2 Å². The molecule has 1 aromatic rings. The van der Waals surface area contributed by atoms with Gasteiger partial charge in [0.25, 0.3) is 0 Å². The van der Waals surface area contributed by atoms with Gasteiger partial charge in [0.1, 0.15) is 5.82 Å². The van der Waals surface area contributed by atoms with Gasteiger partial charge in [0.2, 0.25) is 0 Å². The third-order valence-electron chi connectivity index (χ3n) is 3.72. The van der Waals surface area contributed by atoms with Crippen molar-refractivity contribution in [2.75, 3.05) is 25.0 Å². The van der Waals surface area contributed by atoms with E-state index in [0.717, 1.165) is 31.1 Å². The van der Waals surface area contributed by atoms with E-state index in [0.29, 0.717) is 11.8 Å². The summed E-state index contributed by atoms with van der Waals surface area (Å²) in [7, 11) is 2.13. The Balaban J connectivity index is 2.62. The molecule has 1 N–H and O–H groups in total. The van der Waals surface area contributed by atoms with Crippen LogP contribution >= 0.6 is 0 Å². The zero-order valence-electron chi connectivity index (χ0n) is 14.0. The van der Waals surface area contributed by atoms with Crippen molar-refractivity contribution in [1.82, 2.24) is 10.3 Å². The largest absolute Gasteiger partial charge is 0.359 e. The number of hydrogen-bond donors (Lipinski definition) is 1. The van der Waals surface area contributed by atoms with Gasteiger partial charge in [-0.2, -0.15) is 0 Å². The molecule has 0 radical (unpaired) electrons. The van der Waals surface area contributed by atoms with Crippen LogP contribution in [0, 0.1) is 18.8 Å². The van der Waals surface area contributed by atoms with Crippen LogP contribution in [0.3, 0.4) is 0 Å². The zero-order chi connectivity index (χ0) is 15.1. The monoisotopic (exact) mass is 277 g/mol. The minimum atomic E-state index is 0.684. The van der Waals surface area contributed by atoms with Gasteiger partial charge in [0.15, 0.2) is 0 Å². The summed E-state index contributed by atoms with van der Waals surface area (Å²) in [4.78, 5) is 7.00. The SMILES string of the molecule is CCC(C)CN(C)c1ccc(CNCC(C)C)c(C)n1. The summed E-state index contributed by atoms with van der Waals surface area (Å²) in [5.41, 5.74) is 2.43. The number of aryl methyl sites for hydroxylation is 1. The smallest absolute Gasteiger partial charge is 0.128 e. The van der Waals surface area contributed by atoms with Crippen molar-refractivity contribution in [3.63, 3.8) is 0 Å². The summed E-state index contributed by atoms with van der Waals surface area (Å²) in [5, 5.41) is 3.48. The maximum Gasteiger partial charge on any atom is 0.128 e. The highest BCUT2D eigenvalue weighted by Gasteiger charge is 2.08. The lowest BCUT2D eigenvalue weighted by Gasteiger charge is -2.22. The fourth-order valence-electron chi connectivity index (χ4n) is 2.16. The van der Waals surface area contributed by atoms with Gasteiger partial charge in [-0.05, 0) is 36.9 Å². The molecule has 0 fully saturated rings. The topological polar surface area (TPSA) is 28.2 Å². The van der Waals surface area contributed by atoms with Crippen LogP contribution in [0.1, 0.15) is 45.4 Å². The van der Waals surface area contributed by atoms with E-state index in [1.807, 2.05) is 0 Å². The first-order valence-corrected chi connectivity index (χ1v) is 7.82. The first-order chi connectivity index (χ1) is 9.43. The number of anilines is 1. The molecular formula is C17H31N3. The molecule has 3 nitrogen and oxygen atoms in total. The normalized spacial score (nSPS) is 12.8. The molecule has 0 saturated heterocycles. The predicted molar refractivity (Wildman–Crippen MR) is 88.2 cm³/mol. The first-order valence-electron chi connectivity index (χ1n) is 7.82. The summed E-state index contributed by atoms with van der Waals surface area (Å²) in [6.45, 7) is 14.1. The van der Waals surface area contributed by atoms with Crippen LogP contribution in [0.2, 0.25) is 0 Å². The van der Waals surface area contributed by atoms with Crippen molar-refractivity contribution in [3.8, 4) is 0 Å². The molecule has 1 atom stereocenters. The molecule has 0 aliphatic rings. The van der Waals surface area contributed by atoms with Crippen LogP contribution in [0.25, 0.3) is 0 Å². The fourth-order valence-corrected chi connectivity index (χ4v) is 2.16. The first kappa shape index (κ1) is 17.0. The molecule has 0 saturated carbocycles. The van der Waals surface area contributed by atoms with E-state index < -0.39 is 0 Å². The highest BCUT2D eigenvalue weighted by atomic mass is 15.2. The Morgan fingerprint density at radius 3 is 2.50 bits per heavy atom. The molecular weight excluding hydrogens is 246 g/mol. The summed E-state index contributed by atoms with van der Waals surface area (Å²) in [6.07, 6.45) is 1.21. The van der Waals surface area contributed by atoms with E-state index in [1.54, 1.807) is 0 Å². The Bertz CT molecular complexity index is 401. The van der Waals surface area contributed by atoms with Crippen LogP contribution in [-0.4, -0.2) is 25.1 Å². The van der Waals surface area contributed by atoms with Crippen molar-refractivity contribution in [2.24, 2.45) is 11.8 Å². The standard InChI is InChI=1S/C17H31N3/c1-7-14(4)12-20(6)17-9-8-16(15(5)19-17)11-18-10-13(2)3/h8-9,13-14,18H,7,10-12H2,1-6H3. The number of nitrogens with zero attached hydrogens (tertiary/aromatic N) is 2. The molecule has 0 spiro atoms.